The maximum atomic E-state index is 10.5. The van der Waals surface area contributed by atoms with E-state index in [1.807, 2.05) is 31.7 Å². The lowest BCUT2D eigenvalue weighted by molar-refractivity contribution is -0.00891. The fourth-order valence-corrected chi connectivity index (χ4v) is 2.45. The van der Waals surface area contributed by atoms with Crippen LogP contribution in [0.15, 0.2) is 12.4 Å². The quantitative estimate of drug-likeness (QED) is 0.768. The van der Waals surface area contributed by atoms with Gasteiger partial charge in [0, 0.05) is 24.6 Å². The Balaban J connectivity index is 2.02. The molecule has 7 heteroatoms. The molecule has 3 N–H and O–H groups in total. The van der Waals surface area contributed by atoms with Crippen LogP contribution in [0.3, 0.4) is 0 Å². The van der Waals surface area contributed by atoms with Crippen molar-refractivity contribution < 1.29 is 5.11 Å². The Morgan fingerprint density at radius 2 is 2.05 bits per heavy atom. The summed E-state index contributed by atoms with van der Waals surface area (Å²) >= 11 is 0. The Kier molecular flexibility index (Phi) is 2.28. The van der Waals surface area contributed by atoms with Crippen LogP contribution >= 0.6 is 0 Å². The summed E-state index contributed by atoms with van der Waals surface area (Å²) in [6, 6.07) is 1.83. The highest BCUT2D eigenvalue weighted by molar-refractivity contribution is 5.56. The third kappa shape index (κ3) is 1.73. The summed E-state index contributed by atoms with van der Waals surface area (Å²) in [7, 11) is 0. The monoisotopic (exact) mass is 262 g/mol. The maximum Gasteiger partial charge on any atom is 0.209 e. The molecule has 1 atom stereocenters. The summed E-state index contributed by atoms with van der Waals surface area (Å²) in [6.45, 7) is 7.19. The molecule has 3 heterocycles. The summed E-state index contributed by atoms with van der Waals surface area (Å²) in [6.07, 6.45) is 1.53. The zero-order valence-electron chi connectivity index (χ0n) is 11.3. The zero-order chi connectivity index (χ0) is 13.8. The average molecular weight is 262 g/mol. The number of nitrogens with zero attached hydrogens (tertiary/aromatic N) is 5. The molecular weight excluding hydrogens is 244 g/mol. The molecule has 1 fully saturated rings. The van der Waals surface area contributed by atoms with Gasteiger partial charge in [0.05, 0.1) is 5.60 Å². The van der Waals surface area contributed by atoms with Crippen molar-refractivity contribution in [2.24, 2.45) is 5.41 Å². The van der Waals surface area contributed by atoms with Gasteiger partial charge in [0.15, 0.2) is 5.65 Å². The van der Waals surface area contributed by atoms with Crippen LogP contribution in [-0.2, 0) is 0 Å². The van der Waals surface area contributed by atoms with Crippen LogP contribution in [-0.4, -0.2) is 43.4 Å². The standard InChI is InChI=1S/C12H18N6O/c1-11(2)5-17(6-12(11,3)19)8-4-9-16-14-7-18(9)10(13)15-8/h4,7,19H,5-6H2,1-3H3,(H2,13,15). The van der Waals surface area contributed by atoms with Gasteiger partial charge in [-0.15, -0.1) is 10.2 Å². The van der Waals surface area contributed by atoms with E-state index in [2.05, 4.69) is 15.2 Å². The fourth-order valence-electron chi connectivity index (χ4n) is 2.45. The lowest BCUT2D eigenvalue weighted by atomic mass is 9.79. The first-order valence-corrected chi connectivity index (χ1v) is 6.24. The van der Waals surface area contributed by atoms with Gasteiger partial charge in [-0.3, -0.25) is 4.40 Å². The molecule has 1 saturated heterocycles. The van der Waals surface area contributed by atoms with E-state index in [1.165, 1.54) is 6.33 Å². The first-order valence-electron chi connectivity index (χ1n) is 6.24. The zero-order valence-corrected chi connectivity index (χ0v) is 11.3. The second-order valence-electron chi connectivity index (χ2n) is 6.05. The molecule has 0 aromatic carbocycles. The number of nitrogens with two attached hydrogens (primary N) is 1. The number of hydrogen-bond acceptors (Lipinski definition) is 6. The third-order valence-corrected chi connectivity index (χ3v) is 4.18. The molecule has 7 nitrogen and oxygen atoms in total. The van der Waals surface area contributed by atoms with Crippen LogP contribution in [0, 0.1) is 5.41 Å². The average Bonchev–Trinajstić information content (AvgIpc) is 2.82. The number of β-amino-alcohol motifs (C(OH)–C–C–N with tert-alkyl or cyclic N) is 1. The number of hydrogen-bond donors (Lipinski definition) is 2. The highest BCUT2D eigenvalue weighted by Crippen LogP contribution is 2.40. The SMILES string of the molecule is CC1(C)CN(c2cc3nncn3c(N)n2)CC1(C)O. The highest BCUT2D eigenvalue weighted by Gasteiger charge is 2.48. The summed E-state index contributed by atoms with van der Waals surface area (Å²) < 4.78 is 1.63. The second-order valence-corrected chi connectivity index (χ2v) is 6.05. The maximum absolute atomic E-state index is 10.5. The van der Waals surface area contributed by atoms with Gasteiger partial charge in [0.2, 0.25) is 5.95 Å². The van der Waals surface area contributed by atoms with Crippen LogP contribution in [0.25, 0.3) is 5.65 Å². The molecule has 2 aromatic rings. The molecule has 0 radical (unpaired) electrons. The molecule has 19 heavy (non-hydrogen) atoms. The molecule has 0 bridgehead atoms. The summed E-state index contributed by atoms with van der Waals surface area (Å²) in [4.78, 5) is 6.40. The predicted molar refractivity (Wildman–Crippen MR) is 71.8 cm³/mol. The van der Waals surface area contributed by atoms with Gasteiger partial charge >= 0.3 is 0 Å². The van der Waals surface area contributed by atoms with Crippen LogP contribution in [0.1, 0.15) is 20.8 Å². The molecule has 3 rings (SSSR count). The van der Waals surface area contributed by atoms with Crippen molar-refractivity contribution in [3.8, 4) is 0 Å². The van der Waals surface area contributed by atoms with E-state index in [0.717, 1.165) is 12.4 Å². The molecule has 1 unspecified atom stereocenters. The molecule has 102 valence electrons. The normalized spacial score (nSPS) is 26.2. The molecule has 1 aliphatic heterocycles. The predicted octanol–water partition coefficient (Wildman–Crippen LogP) is 0.304. The van der Waals surface area contributed by atoms with Crippen LogP contribution < -0.4 is 10.6 Å². The number of rotatable bonds is 1. The number of aromatic nitrogens is 4. The fraction of sp³-hybridized carbons (Fsp3) is 0.583. The van der Waals surface area contributed by atoms with E-state index >= 15 is 0 Å². The lowest BCUT2D eigenvalue weighted by Crippen LogP contribution is -2.40. The first-order chi connectivity index (χ1) is 8.80. The first kappa shape index (κ1) is 12.2. The van der Waals surface area contributed by atoms with Crippen molar-refractivity contribution in [3.63, 3.8) is 0 Å². The second kappa shape index (κ2) is 3.57. The Morgan fingerprint density at radius 1 is 1.32 bits per heavy atom. The van der Waals surface area contributed by atoms with E-state index in [1.54, 1.807) is 4.40 Å². The molecule has 1 aliphatic rings. The van der Waals surface area contributed by atoms with Crippen molar-refractivity contribution in [2.45, 2.75) is 26.4 Å². The largest absolute Gasteiger partial charge is 0.388 e. The van der Waals surface area contributed by atoms with Gasteiger partial charge in [-0.05, 0) is 6.92 Å². The van der Waals surface area contributed by atoms with Crippen LogP contribution in [0.2, 0.25) is 0 Å². The topological polar surface area (TPSA) is 92.6 Å². The molecule has 0 aliphatic carbocycles. The molecule has 0 spiro atoms. The minimum absolute atomic E-state index is 0.205. The van der Waals surface area contributed by atoms with Crippen molar-refractivity contribution >= 4 is 17.4 Å². The number of nitrogen functional groups attached to an aromatic ring is 1. The van der Waals surface area contributed by atoms with E-state index in [-0.39, 0.29) is 5.41 Å². The van der Waals surface area contributed by atoms with Gasteiger partial charge in [0.1, 0.15) is 12.1 Å². The Bertz CT molecular complexity index is 616. The van der Waals surface area contributed by atoms with E-state index in [4.69, 9.17) is 5.73 Å². The van der Waals surface area contributed by atoms with Gasteiger partial charge in [-0.25, -0.2) is 0 Å². The van der Waals surface area contributed by atoms with Crippen molar-refractivity contribution in [1.29, 1.82) is 0 Å². The van der Waals surface area contributed by atoms with Gasteiger partial charge < -0.3 is 15.7 Å². The third-order valence-electron chi connectivity index (χ3n) is 4.18. The van der Waals surface area contributed by atoms with Crippen molar-refractivity contribution in [1.82, 2.24) is 19.6 Å². The Morgan fingerprint density at radius 3 is 2.68 bits per heavy atom. The number of aliphatic hydroxyl groups is 1. The van der Waals surface area contributed by atoms with Gasteiger partial charge in [-0.1, -0.05) is 13.8 Å². The number of anilines is 2. The van der Waals surface area contributed by atoms with Crippen LogP contribution in [0.4, 0.5) is 11.8 Å². The molecule has 2 aromatic heterocycles. The minimum atomic E-state index is -0.761. The smallest absolute Gasteiger partial charge is 0.209 e. The lowest BCUT2D eigenvalue weighted by Gasteiger charge is -2.30. The summed E-state index contributed by atoms with van der Waals surface area (Å²) in [5.41, 5.74) is 5.58. The summed E-state index contributed by atoms with van der Waals surface area (Å²) in [5.74, 6) is 1.07. The van der Waals surface area contributed by atoms with Gasteiger partial charge in [-0.2, -0.15) is 4.98 Å². The van der Waals surface area contributed by atoms with Crippen molar-refractivity contribution in [2.75, 3.05) is 23.7 Å². The molecule has 0 saturated carbocycles. The molecule has 0 amide bonds. The highest BCUT2D eigenvalue weighted by atomic mass is 16.3. The number of fused-ring (bicyclic) bond motifs is 1. The summed E-state index contributed by atoms with van der Waals surface area (Å²) in [5, 5.41) is 18.3. The van der Waals surface area contributed by atoms with Gasteiger partial charge in [0.25, 0.3) is 0 Å². The van der Waals surface area contributed by atoms with Crippen LogP contribution in [0.5, 0.6) is 0 Å². The van der Waals surface area contributed by atoms with E-state index in [0.29, 0.717) is 18.1 Å². The Hall–Kier alpha value is -1.89. The molecular formula is C12H18N6O. The minimum Gasteiger partial charge on any atom is -0.388 e. The van der Waals surface area contributed by atoms with E-state index in [9.17, 15) is 5.11 Å². The van der Waals surface area contributed by atoms with E-state index < -0.39 is 5.60 Å². The Labute approximate surface area is 111 Å². The van der Waals surface area contributed by atoms with Crippen molar-refractivity contribution in [3.05, 3.63) is 12.4 Å².